The van der Waals surface area contributed by atoms with Gasteiger partial charge in [0.1, 0.15) is 5.65 Å². The van der Waals surface area contributed by atoms with Crippen molar-refractivity contribution < 1.29 is 13.2 Å². The largest absolute Gasteiger partial charge is 0.336 e. The third-order valence-electron chi connectivity index (χ3n) is 6.34. The van der Waals surface area contributed by atoms with Crippen molar-refractivity contribution in [2.75, 3.05) is 39.3 Å². The summed E-state index contributed by atoms with van der Waals surface area (Å²) in [6.07, 6.45) is 5.73. The Labute approximate surface area is 188 Å². The van der Waals surface area contributed by atoms with Crippen molar-refractivity contribution in [3.63, 3.8) is 0 Å². The number of hydrogen-bond acceptors (Lipinski definition) is 5. The fourth-order valence-electron chi connectivity index (χ4n) is 4.47. The molecule has 1 aromatic carbocycles. The number of piperazine rings is 1. The molecule has 2 aromatic heterocycles. The predicted molar refractivity (Wildman–Crippen MR) is 121 cm³/mol. The number of nitrogens with zero attached hydrogens (tertiary/aromatic N) is 5. The van der Waals surface area contributed by atoms with Crippen molar-refractivity contribution >= 4 is 21.6 Å². The van der Waals surface area contributed by atoms with Gasteiger partial charge in [-0.3, -0.25) is 9.69 Å². The highest BCUT2D eigenvalue weighted by molar-refractivity contribution is 7.89. The Balaban J connectivity index is 1.20. The maximum absolute atomic E-state index is 12.9. The predicted octanol–water partition coefficient (Wildman–Crippen LogP) is 2.08. The lowest BCUT2D eigenvalue weighted by Crippen LogP contribution is -2.48. The van der Waals surface area contributed by atoms with E-state index in [2.05, 4.69) is 14.3 Å². The maximum atomic E-state index is 12.9. The van der Waals surface area contributed by atoms with Crippen LogP contribution in [0.25, 0.3) is 5.65 Å². The fraction of sp³-hybridized carbons (Fsp3) is 0.391. The standard InChI is InChI=1S/C23H27N5O3S/c29-23(19-6-8-21(9-7-19)32(30,31)27-10-3-4-11-27)26-15-13-25(14-16-26)18-20-17-24-22-5-1-2-12-28(20)22/h1-2,5-9,12,17H,3-4,10-11,13-16,18H2. The van der Waals surface area contributed by atoms with Crippen molar-refractivity contribution in [2.24, 2.45) is 0 Å². The van der Waals surface area contributed by atoms with Crippen molar-refractivity contribution in [1.82, 2.24) is 23.5 Å². The van der Waals surface area contributed by atoms with E-state index in [0.717, 1.165) is 43.8 Å². The van der Waals surface area contributed by atoms with Crippen molar-refractivity contribution in [2.45, 2.75) is 24.3 Å². The summed E-state index contributed by atoms with van der Waals surface area (Å²) in [6, 6.07) is 12.3. The lowest BCUT2D eigenvalue weighted by Gasteiger charge is -2.34. The number of rotatable bonds is 5. The zero-order valence-corrected chi connectivity index (χ0v) is 18.7. The van der Waals surface area contributed by atoms with Crippen LogP contribution in [0.2, 0.25) is 0 Å². The molecule has 0 N–H and O–H groups in total. The minimum atomic E-state index is -3.46. The van der Waals surface area contributed by atoms with Crippen LogP contribution in [0.4, 0.5) is 0 Å². The van der Waals surface area contributed by atoms with Crippen LogP contribution < -0.4 is 0 Å². The van der Waals surface area contributed by atoms with E-state index in [1.807, 2.05) is 35.5 Å². The average Bonchev–Trinajstić information content (AvgIpc) is 3.51. The smallest absolute Gasteiger partial charge is 0.253 e. The molecule has 0 bridgehead atoms. The fourth-order valence-corrected chi connectivity index (χ4v) is 5.99. The second-order valence-corrected chi connectivity index (χ2v) is 10.3. The Kier molecular flexibility index (Phi) is 5.71. The van der Waals surface area contributed by atoms with Gasteiger partial charge in [0.15, 0.2) is 0 Å². The van der Waals surface area contributed by atoms with Crippen LogP contribution in [0.1, 0.15) is 28.9 Å². The normalized spacial score (nSPS) is 18.4. The number of benzene rings is 1. The number of amides is 1. The Morgan fingerprint density at radius 1 is 0.906 bits per heavy atom. The molecule has 0 atom stereocenters. The van der Waals surface area contributed by atoms with Gasteiger partial charge in [-0.2, -0.15) is 4.31 Å². The number of sulfonamides is 1. The van der Waals surface area contributed by atoms with Crippen LogP contribution in [-0.2, 0) is 16.6 Å². The Bertz CT molecular complexity index is 1210. The Hall–Kier alpha value is -2.75. The summed E-state index contributed by atoms with van der Waals surface area (Å²) in [5.41, 5.74) is 2.60. The van der Waals surface area contributed by atoms with Gasteiger partial charge in [-0.1, -0.05) is 6.07 Å². The molecule has 32 heavy (non-hydrogen) atoms. The summed E-state index contributed by atoms with van der Waals surface area (Å²) in [7, 11) is -3.46. The second kappa shape index (κ2) is 8.65. The molecule has 168 valence electrons. The molecule has 9 heteroatoms. The summed E-state index contributed by atoms with van der Waals surface area (Å²) < 4.78 is 29.0. The lowest BCUT2D eigenvalue weighted by atomic mass is 10.2. The number of hydrogen-bond donors (Lipinski definition) is 0. The van der Waals surface area contributed by atoms with Gasteiger partial charge in [0.2, 0.25) is 10.0 Å². The average molecular weight is 454 g/mol. The van der Waals surface area contributed by atoms with E-state index in [4.69, 9.17) is 0 Å². The molecule has 1 amide bonds. The number of aromatic nitrogens is 2. The number of fused-ring (bicyclic) bond motifs is 1. The molecule has 0 radical (unpaired) electrons. The minimum absolute atomic E-state index is 0.0513. The number of carbonyl (C=O) groups excluding carboxylic acids is 1. The van der Waals surface area contributed by atoms with Gasteiger partial charge in [-0.05, 0) is 49.2 Å². The van der Waals surface area contributed by atoms with Gasteiger partial charge in [0, 0.05) is 57.6 Å². The van der Waals surface area contributed by atoms with Crippen LogP contribution in [0, 0.1) is 0 Å². The van der Waals surface area contributed by atoms with Gasteiger partial charge in [0.25, 0.3) is 5.91 Å². The quantitative estimate of drug-likeness (QED) is 0.591. The van der Waals surface area contributed by atoms with Gasteiger partial charge in [0.05, 0.1) is 16.8 Å². The number of imidazole rings is 1. The molecule has 2 aliphatic heterocycles. The molecule has 0 spiro atoms. The molecule has 4 heterocycles. The Morgan fingerprint density at radius 3 is 2.34 bits per heavy atom. The minimum Gasteiger partial charge on any atom is -0.336 e. The molecular formula is C23H27N5O3S. The highest BCUT2D eigenvalue weighted by Crippen LogP contribution is 2.22. The first-order valence-corrected chi connectivity index (χ1v) is 12.5. The molecule has 8 nitrogen and oxygen atoms in total. The molecule has 2 saturated heterocycles. The van der Waals surface area contributed by atoms with E-state index in [1.165, 1.54) is 4.31 Å². The third-order valence-corrected chi connectivity index (χ3v) is 8.26. The first-order chi connectivity index (χ1) is 15.5. The van der Waals surface area contributed by atoms with Crippen LogP contribution in [0.3, 0.4) is 0 Å². The summed E-state index contributed by atoms with van der Waals surface area (Å²) in [5.74, 6) is -0.0513. The zero-order valence-electron chi connectivity index (χ0n) is 17.9. The second-order valence-electron chi connectivity index (χ2n) is 8.38. The monoisotopic (exact) mass is 453 g/mol. The highest BCUT2D eigenvalue weighted by atomic mass is 32.2. The van der Waals surface area contributed by atoms with Crippen LogP contribution in [0.15, 0.2) is 59.8 Å². The highest BCUT2D eigenvalue weighted by Gasteiger charge is 2.28. The van der Waals surface area contributed by atoms with Gasteiger partial charge >= 0.3 is 0 Å². The van der Waals surface area contributed by atoms with E-state index in [0.29, 0.717) is 31.7 Å². The van der Waals surface area contributed by atoms with Crippen LogP contribution in [-0.4, -0.2) is 77.1 Å². The van der Waals surface area contributed by atoms with Crippen LogP contribution >= 0.6 is 0 Å². The summed E-state index contributed by atoms with van der Waals surface area (Å²) in [6.45, 7) is 4.79. The van der Waals surface area contributed by atoms with Crippen LogP contribution in [0.5, 0.6) is 0 Å². The summed E-state index contributed by atoms with van der Waals surface area (Å²) in [5, 5.41) is 0. The molecule has 5 rings (SSSR count). The molecule has 0 unspecified atom stereocenters. The molecule has 0 aliphatic carbocycles. The van der Waals surface area contributed by atoms with Gasteiger partial charge in [-0.25, -0.2) is 13.4 Å². The maximum Gasteiger partial charge on any atom is 0.253 e. The van der Waals surface area contributed by atoms with Crippen molar-refractivity contribution in [3.8, 4) is 0 Å². The van der Waals surface area contributed by atoms with Crippen molar-refractivity contribution in [1.29, 1.82) is 0 Å². The van der Waals surface area contributed by atoms with Gasteiger partial charge in [-0.15, -0.1) is 0 Å². The molecule has 0 saturated carbocycles. The SMILES string of the molecule is O=C(c1ccc(S(=O)(=O)N2CCCC2)cc1)N1CCN(Cc2cnc3ccccn23)CC1. The third kappa shape index (κ3) is 4.03. The molecular weight excluding hydrogens is 426 g/mol. The first kappa shape index (κ1) is 21.1. The van der Waals surface area contributed by atoms with E-state index >= 15 is 0 Å². The number of pyridine rings is 1. The molecule has 2 aliphatic rings. The summed E-state index contributed by atoms with van der Waals surface area (Å²) >= 11 is 0. The van der Waals surface area contributed by atoms with E-state index in [1.54, 1.807) is 24.3 Å². The first-order valence-electron chi connectivity index (χ1n) is 11.1. The zero-order chi connectivity index (χ0) is 22.1. The van der Waals surface area contributed by atoms with Crippen molar-refractivity contribution in [3.05, 3.63) is 66.1 Å². The molecule has 3 aromatic rings. The molecule has 2 fully saturated rings. The topological polar surface area (TPSA) is 78.2 Å². The Morgan fingerprint density at radius 2 is 1.62 bits per heavy atom. The van der Waals surface area contributed by atoms with E-state index in [-0.39, 0.29) is 10.8 Å². The lowest BCUT2D eigenvalue weighted by molar-refractivity contribution is 0.0626. The number of carbonyl (C=O) groups is 1. The van der Waals surface area contributed by atoms with E-state index in [9.17, 15) is 13.2 Å². The van der Waals surface area contributed by atoms with Gasteiger partial charge < -0.3 is 9.30 Å². The summed E-state index contributed by atoms with van der Waals surface area (Å²) in [4.78, 5) is 21.8. The van der Waals surface area contributed by atoms with E-state index < -0.39 is 10.0 Å².